The van der Waals surface area contributed by atoms with Crippen molar-refractivity contribution in [1.82, 2.24) is 15.2 Å². The van der Waals surface area contributed by atoms with E-state index in [9.17, 15) is 9.59 Å². The Morgan fingerprint density at radius 3 is 2.86 bits per heavy atom. The summed E-state index contributed by atoms with van der Waals surface area (Å²) in [5.41, 5.74) is 0.996. The fourth-order valence-corrected chi connectivity index (χ4v) is 5.17. The largest absolute Gasteiger partial charge is 0.335 e. The first-order valence-electron chi connectivity index (χ1n) is 10.1. The molecule has 1 aromatic carbocycles. The van der Waals surface area contributed by atoms with Gasteiger partial charge >= 0.3 is 0 Å². The van der Waals surface area contributed by atoms with Crippen molar-refractivity contribution in [2.45, 2.75) is 31.8 Å². The van der Waals surface area contributed by atoms with Gasteiger partial charge in [-0.15, -0.1) is 0 Å². The molecule has 0 radical (unpaired) electrons. The molecule has 1 unspecified atom stereocenters. The lowest BCUT2D eigenvalue weighted by Gasteiger charge is -2.27. The summed E-state index contributed by atoms with van der Waals surface area (Å²) in [5, 5.41) is 8.82. The third-order valence-corrected chi connectivity index (χ3v) is 6.79. The van der Waals surface area contributed by atoms with Gasteiger partial charge in [0.05, 0.1) is 17.6 Å². The zero-order valence-electron chi connectivity index (χ0n) is 16.1. The van der Waals surface area contributed by atoms with E-state index in [1.807, 2.05) is 35.2 Å². The summed E-state index contributed by atoms with van der Waals surface area (Å²) in [6.07, 6.45) is 4.37. The summed E-state index contributed by atoms with van der Waals surface area (Å²) >= 11 is 1.49. The molecule has 5 rings (SSSR count). The van der Waals surface area contributed by atoms with E-state index in [0.29, 0.717) is 24.6 Å². The molecule has 1 aromatic heterocycles. The molecule has 1 atom stereocenters. The number of rotatable bonds is 3. The highest BCUT2D eigenvalue weighted by Gasteiger charge is 2.29. The Labute approximate surface area is 172 Å². The van der Waals surface area contributed by atoms with Crippen LogP contribution in [0.5, 0.6) is 0 Å². The molecule has 1 saturated heterocycles. The summed E-state index contributed by atoms with van der Waals surface area (Å²) in [5.74, 6) is 0.139. The van der Waals surface area contributed by atoms with Crippen molar-refractivity contribution in [1.29, 1.82) is 0 Å². The molecule has 0 bridgehead atoms. The van der Waals surface area contributed by atoms with Gasteiger partial charge in [-0.25, -0.2) is 4.98 Å². The van der Waals surface area contributed by atoms with E-state index in [2.05, 4.69) is 20.6 Å². The van der Waals surface area contributed by atoms with Gasteiger partial charge in [-0.1, -0.05) is 29.5 Å². The van der Waals surface area contributed by atoms with Gasteiger partial charge in [0.1, 0.15) is 6.04 Å². The minimum absolute atomic E-state index is 0.0283. The first-order valence-corrected chi connectivity index (χ1v) is 10.9. The van der Waals surface area contributed by atoms with Crippen LogP contribution in [0.2, 0.25) is 0 Å². The van der Waals surface area contributed by atoms with Crippen LogP contribution in [0, 0.1) is 5.92 Å². The van der Waals surface area contributed by atoms with Crippen LogP contribution in [-0.2, 0) is 22.6 Å². The second-order valence-corrected chi connectivity index (χ2v) is 8.80. The number of para-hydroxylation sites is 1. The molecule has 8 heteroatoms. The predicted octanol–water partition coefficient (Wildman–Crippen LogP) is 0.448. The molecule has 7 nitrogen and oxygen atoms in total. The van der Waals surface area contributed by atoms with Crippen molar-refractivity contribution < 1.29 is 9.59 Å². The van der Waals surface area contributed by atoms with E-state index in [-0.39, 0.29) is 17.7 Å². The third kappa shape index (κ3) is 3.70. The number of amides is 2. The Bertz CT molecular complexity index is 1040. The number of piperidine rings is 1. The first kappa shape index (κ1) is 18.4. The Balaban J connectivity index is 1.26. The number of carbonyl (C=O) groups is 2. The summed E-state index contributed by atoms with van der Waals surface area (Å²) in [6, 6.07) is 7.38. The molecule has 0 aliphatic carbocycles. The fraction of sp³-hybridized carbons (Fsp3) is 0.429. The Hall–Kier alpha value is -2.58. The lowest BCUT2D eigenvalue weighted by Crippen LogP contribution is -2.40. The van der Waals surface area contributed by atoms with Gasteiger partial charge in [-0.2, -0.15) is 0 Å². The van der Waals surface area contributed by atoms with Crippen molar-refractivity contribution in [2.75, 3.05) is 25.0 Å². The number of hydrogen-bond acceptors (Lipinski definition) is 6. The van der Waals surface area contributed by atoms with E-state index < -0.39 is 6.04 Å². The molecule has 0 spiro atoms. The molecule has 2 amide bonds. The minimum atomic E-state index is -0.444. The van der Waals surface area contributed by atoms with E-state index in [4.69, 9.17) is 0 Å². The average molecular weight is 410 g/mol. The van der Waals surface area contributed by atoms with Crippen LogP contribution < -0.4 is 21.2 Å². The molecule has 4 heterocycles. The molecule has 3 aliphatic rings. The zero-order valence-corrected chi connectivity index (χ0v) is 16.9. The number of aromatic nitrogens is 1. The summed E-state index contributed by atoms with van der Waals surface area (Å²) < 4.78 is 0. The molecule has 3 aliphatic heterocycles. The van der Waals surface area contributed by atoms with Crippen LogP contribution in [0.3, 0.4) is 0 Å². The second-order valence-electron chi connectivity index (χ2n) is 7.71. The Kier molecular flexibility index (Phi) is 4.89. The van der Waals surface area contributed by atoms with Gasteiger partial charge in [-0.05, 0) is 43.3 Å². The second kappa shape index (κ2) is 7.68. The molecule has 2 aromatic rings. The van der Waals surface area contributed by atoms with Gasteiger partial charge < -0.3 is 15.5 Å². The minimum Gasteiger partial charge on any atom is -0.335 e. The lowest BCUT2D eigenvalue weighted by molar-refractivity contribution is -0.132. The average Bonchev–Trinajstić information content (AvgIpc) is 3.36. The van der Waals surface area contributed by atoms with Crippen molar-refractivity contribution >= 4 is 34.4 Å². The normalized spacial score (nSPS) is 21.0. The van der Waals surface area contributed by atoms with Crippen molar-refractivity contribution in [2.24, 2.45) is 10.9 Å². The number of hydrogen-bond donors (Lipinski definition) is 2. The van der Waals surface area contributed by atoms with Crippen LogP contribution >= 0.6 is 11.3 Å². The molecule has 1 fully saturated rings. The summed E-state index contributed by atoms with van der Waals surface area (Å²) in [4.78, 5) is 37.5. The number of nitrogens with one attached hydrogen (secondary N) is 2. The van der Waals surface area contributed by atoms with Crippen LogP contribution in [0.1, 0.15) is 23.4 Å². The maximum Gasteiger partial charge on any atom is 0.251 e. The van der Waals surface area contributed by atoms with E-state index in [1.165, 1.54) is 11.3 Å². The van der Waals surface area contributed by atoms with Crippen LogP contribution in [-0.4, -0.2) is 47.4 Å². The van der Waals surface area contributed by atoms with Gasteiger partial charge in [0.2, 0.25) is 5.91 Å². The van der Waals surface area contributed by atoms with Crippen molar-refractivity contribution in [3.8, 4) is 0 Å². The van der Waals surface area contributed by atoms with Gasteiger partial charge in [0.15, 0.2) is 5.13 Å². The highest BCUT2D eigenvalue weighted by atomic mass is 32.1. The lowest BCUT2D eigenvalue weighted by atomic mass is 9.97. The van der Waals surface area contributed by atoms with Crippen molar-refractivity contribution in [3.05, 3.63) is 45.4 Å². The standard InChI is InChI=1S/C21H23N5O2S/c27-19(13-5-8-22-9-6-13)25-21-24-16-7-10-26(12-18(16)29-21)20(28)17-11-14-3-1-2-4-15(14)23-17/h1-4,11,13,17,22H,5-10,12H2,(H,24,25,27). The number of nitrogens with zero attached hydrogens (tertiary/aromatic N) is 3. The van der Waals surface area contributed by atoms with Gasteiger partial charge in [0.25, 0.3) is 5.91 Å². The van der Waals surface area contributed by atoms with E-state index in [1.54, 1.807) is 0 Å². The van der Waals surface area contributed by atoms with Gasteiger partial charge in [0, 0.05) is 23.8 Å². The maximum absolute atomic E-state index is 13.0. The van der Waals surface area contributed by atoms with E-state index in [0.717, 1.165) is 47.1 Å². The number of thiazole rings is 1. The molecule has 29 heavy (non-hydrogen) atoms. The Morgan fingerprint density at radius 1 is 1.21 bits per heavy atom. The topological polar surface area (TPSA) is 86.7 Å². The van der Waals surface area contributed by atoms with Crippen LogP contribution in [0.4, 0.5) is 5.13 Å². The van der Waals surface area contributed by atoms with Crippen LogP contribution in [0.15, 0.2) is 29.3 Å². The fourth-order valence-electron chi connectivity index (χ4n) is 4.15. The summed E-state index contributed by atoms with van der Waals surface area (Å²) in [6.45, 7) is 2.94. The van der Waals surface area contributed by atoms with Crippen molar-refractivity contribution in [3.63, 3.8) is 0 Å². The number of fused-ring (bicyclic) bond motifs is 2. The molecule has 0 saturated carbocycles. The predicted molar refractivity (Wildman–Crippen MR) is 111 cm³/mol. The molecular formula is C21H23N5O2S. The zero-order chi connectivity index (χ0) is 19.8. The first-order chi connectivity index (χ1) is 14.2. The monoisotopic (exact) mass is 409 g/mol. The van der Waals surface area contributed by atoms with Crippen LogP contribution in [0.25, 0.3) is 6.08 Å². The maximum atomic E-state index is 13.0. The number of carbonyl (C=O) groups excluding carboxylic acids is 2. The highest BCUT2D eigenvalue weighted by molar-refractivity contribution is 7.15. The molecular weight excluding hydrogens is 386 g/mol. The van der Waals surface area contributed by atoms with E-state index >= 15 is 0 Å². The SMILES string of the molecule is O=C(Nc1nc2c(s1)CN(C(=O)C1C=c3ccccc3=N1)CC2)C1CCNCC1. The smallest absolute Gasteiger partial charge is 0.251 e. The molecule has 2 N–H and O–H groups in total. The quantitative estimate of drug-likeness (QED) is 0.771. The Morgan fingerprint density at radius 2 is 2.03 bits per heavy atom. The number of benzene rings is 1. The third-order valence-electron chi connectivity index (χ3n) is 5.79. The summed E-state index contributed by atoms with van der Waals surface area (Å²) in [7, 11) is 0. The van der Waals surface area contributed by atoms with Gasteiger partial charge in [-0.3, -0.25) is 14.6 Å². The molecule has 150 valence electrons. The number of anilines is 1. The highest BCUT2D eigenvalue weighted by Crippen LogP contribution is 2.29.